The van der Waals surface area contributed by atoms with Crippen LogP contribution < -0.4 is 0 Å². The van der Waals surface area contributed by atoms with Gasteiger partial charge in [0.1, 0.15) is 18.5 Å². The summed E-state index contributed by atoms with van der Waals surface area (Å²) in [5.41, 5.74) is 0. The molecule has 4 heteroatoms. The van der Waals surface area contributed by atoms with Gasteiger partial charge in [0.25, 0.3) is 0 Å². The molecule has 0 aromatic rings. The minimum atomic E-state index is -1.19. The van der Waals surface area contributed by atoms with Gasteiger partial charge in [0, 0.05) is 12.3 Å². The SMILES string of the molecule is CC=CC(CC=O)C(C=O)C(=O)O. The molecule has 13 heavy (non-hydrogen) atoms. The molecule has 4 nitrogen and oxygen atoms in total. The Kier molecular flexibility index (Phi) is 5.43. The van der Waals surface area contributed by atoms with E-state index in [1.807, 2.05) is 0 Å². The largest absolute Gasteiger partial charge is 0.481 e. The molecule has 2 atom stereocenters. The third kappa shape index (κ3) is 3.64. The van der Waals surface area contributed by atoms with Gasteiger partial charge in [-0.1, -0.05) is 12.2 Å². The fraction of sp³-hybridized carbons (Fsp3) is 0.444. The van der Waals surface area contributed by atoms with Gasteiger partial charge >= 0.3 is 5.97 Å². The molecule has 0 rings (SSSR count). The van der Waals surface area contributed by atoms with E-state index < -0.39 is 17.8 Å². The van der Waals surface area contributed by atoms with Gasteiger partial charge in [-0.05, 0) is 6.92 Å². The predicted molar refractivity (Wildman–Crippen MR) is 46.2 cm³/mol. The molecule has 0 saturated carbocycles. The molecule has 2 unspecified atom stereocenters. The van der Waals surface area contributed by atoms with E-state index in [-0.39, 0.29) is 6.42 Å². The van der Waals surface area contributed by atoms with Crippen molar-refractivity contribution in [2.75, 3.05) is 0 Å². The van der Waals surface area contributed by atoms with Crippen LogP contribution in [0, 0.1) is 11.8 Å². The van der Waals surface area contributed by atoms with E-state index in [0.717, 1.165) is 0 Å². The Morgan fingerprint density at radius 1 is 1.46 bits per heavy atom. The second-order valence-corrected chi connectivity index (χ2v) is 2.59. The Morgan fingerprint density at radius 3 is 2.38 bits per heavy atom. The van der Waals surface area contributed by atoms with E-state index in [4.69, 9.17) is 5.11 Å². The number of carboxylic acid groups (broad SMARTS) is 1. The van der Waals surface area contributed by atoms with E-state index in [1.54, 1.807) is 19.1 Å². The maximum absolute atomic E-state index is 10.5. The van der Waals surface area contributed by atoms with E-state index in [2.05, 4.69) is 0 Å². The topological polar surface area (TPSA) is 71.4 Å². The molecule has 72 valence electrons. The second-order valence-electron chi connectivity index (χ2n) is 2.59. The van der Waals surface area contributed by atoms with Gasteiger partial charge in [0.15, 0.2) is 0 Å². The molecule has 1 N–H and O–H groups in total. The first-order valence-corrected chi connectivity index (χ1v) is 3.91. The molecule has 0 aliphatic heterocycles. The van der Waals surface area contributed by atoms with Crippen molar-refractivity contribution in [3.63, 3.8) is 0 Å². The Hall–Kier alpha value is -1.45. The normalized spacial score (nSPS) is 15.2. The fourth-order valence-electron chi connectivity index (χ4n) is 1.05. The molecule has 0 saturated heterocycles. The highest BCUT2D eigenvalue weighted by Crippen LogP contribution is 2.15. The monoisotopic (exact) mass is 184 g/mol. The molecule has 0 aromatic carbocycles. The smallest absolute Gasteiger partial charge is 0.314 e. The first kappa shape index (κ1) is 11.6. The summed E-state index contributed by atoms with van der Waals surface area (Å²) in [6.45, 7) is 1.71. The van der Waals surface area contributed by atoms with E-state index in [1.165, 1.54) is 0 Å². The Balaban J connectivity index is 4.56. The molecule has 0 amide bonds. The van der Waals surface area contributed by atoms with Crippen LogP contribution in [0.1, 0.15) is 13.3 Å². The molecule has 0 heterocycles. The lowest BCUT2D eigenvalue weighted by Gasteiger charge is -2.12. The average molecular weight is 184 g/mol. The van der Waals surface area contributed by atoms with E-state index in [0.29, 0.717) is 12.6 Å². The minimum absolute atomic E-state index is 0.0556. The molecule has 0 fully saturated rings. The van der Waals surface area contributed by atoms with E-state index >= 15 is 0 Å². The molecule has 0 spiro atoms. The summed E-state index contributed by atoms with van der Waals surface area (Å²) in [6.07, 6.45) is 4.22. The summed E-state index contributed by atoms with van der Waals surface area (Å²) in [5.74, 6) is -2.85. The molecule has 0 aliphatic rings. The zero-order chi connectivity index (χ0) is 10.3. The molecule has 0 aliphatic carbocycles. The maximum Gasteiger partial charge on any atom is 0.314 e. The zero-order valence-corrected chi connectivity index (χ0v) is 7.34. The average Bonchev–Trinajstić information content (AvgIpc) is 2.05. The fourth-order valence-corrected chi connectivity index (χ4v) is 1.05. The Labute approximate surface area is 76.2 Å². The van der Waals surface area contributed by atoms with Crippen molar-refractivity contribution in [1.29, 1.82) is 0 Å². The number of rotatable bonds is 6. The number of carboxylic acids is 1. The number of hydrogen-bond donors (Lipinski definition) is 1. The van der Waals surface area contributed by atoms with Crippen molar-refractivity contribution in [2.45, 2.75) is 13.3 Å². The number of aldehydes is 2. The molecular formula is C9H12O4. The van der Waals surface area contributed by atoms with Crippen LogP contribution in [0.5, 0.6) is 0 Å². The van der Waals surface area contributed by atoms with Crippen molar-refractivity contribution in [3.05, 3.63) is 12.2 Å². The van der Waals surface area contributed by atoms with Crippen LogP contribution in [-0.2, 0) is 14.4 Å². The van der Waals surface area contributed by atoms with Gasteiger partial charge < -0.3 is 14.7 Å². The van der Waals surface area contributed by atoms with Crippen LogP contribution in [0.3, 0.4) is 0 Å². The van der Waals surface area contributed by atoms with Crippen molar-refractivity contribution in [3.8, 4) is 0 Å². The third-order valence-electron chi connectivity index (χ3n) is 1.70. The highest BCUT2D eigenvalue weighted by Gasteiger charge is 2.24. The van der Waals surface area contributed by atoms with Crippen molar-refractivity contribution < 1.29 is 19.5 Å². The number of carbonyl (C=O) groups excluding carboxylic acids is 2. The third-order valence-corrected chi connectivity index (χ3v) is 1.70. The van der Waals surface area contributed by atoms with Crippen LogP contribution in [-0.4, -0.2) is 23.6 Å². The van der Waals surface area contributed by atoms with Gasteiger partial charge in [0.2, 0.25) is 0 Å². The summed E-state index contributed by atoms with van der Waals surface area (Å²) >= 11 is 0. The van der Waals surface area contributed by atoms with Crippen molar-refractivity contribution in [1.82, 2.24) is 0 Å². The van der Waals surface area contributed by atoms with Crippen LogP contribution in [0.2, 0.25) is 0 Å². The lowest BCUT2D eigenvalue weighted by atomic mass is 9.91. The van der Waals surface area contributed by atoms with Gasteiger partial charge in [0.05, 0.1) is 0 Å². The number of carbonyl (C=O) groups is 3. The summed E-state index contributed by atoms with van der Waals surface area (Å²) in [5, 5.41) is 8.62. The highest BCUT2D eigenvalue weighted by molar-refractivity contribution is 5.87. The van der Waals surface area contributed by atoms with Gasteiger partial charge in [-0.25, -0.2) is 0 Å². The van der Waals surface area contributed by atoms with Crippen molar-refractivity contribution in [2.24, 2.45) is 11.8 Å². The van der Waals surface area contributed by atoms with Crippen LogP contribution in [0.15, 0.2) is 12.2 Å². The summed E-state index contributed by atoms with van der Waals surface area (Å²) in [6, 6.07) is 0. The highest BCUT2D eigenvalue weighted by atomic mass is 16.4. The molecular weight excluding hydrogens is 172 g/mol. The number of aliphatic carboxylic acids is 1. The Morgan fingerprint density at radius 2 is 2.08 bits per heavy atom. The quantitative estimate of drug-likeness (QED) is 0.374. The maximum atomic E-state index is 10.5. The van der Waals surface area contributed by atoms with Gasteiger partial charge in [-0.2, -0.15) is 0 Å². The summed E-state index contributed by atoms with van der Waals surface area (Å²) in [4.78, 5) is 31.1. The Bertz CT molecular complexity index is 220. The lowest BCUT2D eigenvalue weighted by Crippen LogP contribution is -2.24. The first-order chi connectivity index (χ1) is 6.17. The zero-order valence-electron chi connectivity index (χ0n) is 7.34. The van der Waals surface area contributed by atoms with Gasteiger partial charge in [-0.15, -0.1) is 0 Å². The number of allylic oxidation sites excluding steroid dienone is 2. The standard InChI is InChI=1S/C9H12O4/c1-2-3-7(4-5-10)8(6-11)9(12)13/h2-3,5-8H,4H2,1H3,(H,12,13). The predicted octanol–water partition coefficient (Wildman–Crippen LogP) is 0.667. The summed E-state index contributed by atoms with van der Waals surface area (Å²) in [7, 11) is 0. The van der Waals surface area contributed by atoms with Crippen molar-refractivity contribution >= 4 is 18.5 Å². The van der Waals surface area contributed by atoms with Crippen LogP contribution >= 0.6 is 0 Å². The molecule has 0 radical (unpaired) electrons. The summed E-state index contributed by atoms with van der Waals surface area (Å²) < 4.78 is 0. The van der Waals surface area contributed by atoms with Crippen LogP contribution in [0.4, 0.5) is 0 Å². The second kappa shape index (κ2) is 6.11. The first-order valence-electron chi connectivity index (χ1n) is 3.91. The molecule has 0 aromatic heterocycles. The van der Waals surface area contributed by atoms with E-state index in [9.17, 15) is 14.4 Å². The van der Waals surface area contributed by atoms with Crippen LogP contribution in [0.25, 0.3) is 0 Å². The van der Waals surface area contributed by atoms with Gasteiger partial charge in [-0.3, -0.25) is 4.79 Å². The number of hydrogen-bond acceptors (Lipinski definition) is 3. The molecule has 0 bridgehead atoms. The lowest BCUT2D eigenvalue weighted by molar-refractivity contribution is -0.144. The minimum Gasteiger partial charge on any atom is -0.481 e.